The Morgan fingerprint density at radius 2 is 2.10 bits per heavy atom. The molecule has 1 N–H and O–H groups in total. The monoisotopic (exact) mass is 281 g/mol. The topological polar surface area (TPSA) is 66.8 Å². The van der Waals surface area contributed by atoms with E-state index in [1.54, 1.807) is 25.1 Å². The van der Waals surface area contributed by atoms with Crippen LogP contribution in [0.15, 0.2) is 24.3 Å². The number of benzene rings is 1. The van der Waals surface area contributed by atoms with E-state index in [1.165, 1.54) is 11.0 Å². The van der Waals surface area contributed by atoms with Crippen molar-refractivity contribution in [3.8, 4) is 0 Å². The summed E-state index contributed by atoms with van der Waals surface area (Å²) < 4.78 is 18.7. The van der Waals surface area contributed by atoms with Crippen LogP contribution in [-0.2, 0) is 20.7 Å². The zero-order valence-electron chi connectivity index (χ0n) is 11.1. The summed E-state index contributed by atoms with van der Waals surface area (Å²) in [7, 11) is 0. The van der Waals surface area contributed by atoms with Crippen molar-refractivity contribution in [3.63, 3.8) is 0 Å². The first-order valence-electron chi connectivity index (χ1n) is 6.37. The standard InChI is InChI=1S/C14H16FNO4/c1-9-7-16(8-12(20-9)14(18)19)13(17)6-10-4-2-3-5-11(10)15/h2-5,9,12H,6-8H2,1H3,(H,18,19)/t9-,12?/m1/s1. The average Bonchev–Trinajstić information content (AvgIpc) is 2.40. The first kappa shape index (κ1) is 14.5. The minimum absolute atomic E-state index is 0.00698. The number of hydrogen-bond acceptors (Lipinski definition) is 3. The van der Waals surface area contributed by atoms with Crippen molar-refractivity contribution in [1.82, 2.24) is 4.90 Å². The second-order valence-corrected chi connectivity index (χ2v) is 4.84. The summed E-state index contributed by atoms with van der Waals surface area (Å²) in [6.45, 7) is 2.02. The van der Waals surface area contributed by atoms with Gasteiger partial charge in [-0.1, -0.05) is 18.2 Å². The molecular formula is C14H16FNO4. The molecule has 1 unspecified atom stereocenters. The molecule has 0 aromatic heterocycles. The zero-order chi connectivity index (χ0) is 14.7. The van der Waals surface area contributed by atoms with Crippen LogP contribution >= 0.6 is 0 Å². The maximum atomic E-state index is 13.5. The molecule has 1 saturated heterocycles. The van der Waals surface area contributed by atoms with E-state index in [2.05, 4.69) is 0 Å². The molecule has 1 aromatic rings. The summed E-state index contributed by atoms with van der Waals surface area (Å²) in [4.78, 5) is 24.5. The van der Waals surface area contributed by atoms with Crippen molar-refractivity contribution in [2.75, 3.05) is 13.1 Å². The molecule has 0 bridgehead atoms. The molecule has 108 valence electrons. The Bertz CT molecular complexity index is 520. The van der Waals surface area contributed by atoms with Crippen LogP contribution < -0.4 is 0 Å². The number of carboxylic acids is 1. The number of morpholine rings is 1. The molecule has 2 rings (SSSR count). The molecule has 6 heteroatoms. The average molecular weight is 281 g/mol. The van der Waals surface area contributed by atoms with Gasteiger partial charge in [0, 0.05) is 6.54 Å². The molecule has 20 heavy (non-hydrogen) atoms. The second kappa shape index (κ2) is 6.00. The molecular weight excluding hydrogens is 265 g/mol. The molecule has 0 saturated carbocycles. The highest BCUT2D eigenvalue weighted by atomic mass is 19.1. The SMILES string of the molecule is C[C@@H]1CN(C(=O)Cc2ccccc2F)CC(C(=O)O)O1. The fourth-order valence-corrected chi connectivity index (χ4v) is 2.21. The van der Waals surface area contributed by atoms with Gasteiger partial charge in [0.05, 0.1) is 19.1 Å². The maximum Gasteiger partial charge on any atom is 0.334 e. The summed E-state index contributed by atoms with van der Waals surface area (Å²) in [5.41, 5.74) is 0.309. The van der Waals surface area contributed by atoms with Crippen LogP contribution in [0, 0.1) is 5.82 Å². The summed E-state index contributed by atoms with van der Waals surface area (Å²) in [6.07, 6.45) is -1.45. The van der Waals surface area contributed by atoms with Crippen molar-refractivity contribution >= 4 is 11.9 Å². The van der Waals surface area contributed by atoms with E-state index in [0.29, 0.717) is 12.1 Å². The smallest absolute Gasteiger partial charge is 0.334 e. The number of nitrogens with zero attached hydrogens (tertiary/aromatic N) is 1. The molecule has 1 fully saturated rings. The van der Waals surface area contributed by atoms with Crippen molar-refractivity contribution in [1.29, 1.82) is 0 Å². The van der Waals surface area contributed by atoms with E-state index in [4.69, 9.17) is 9.84 Å². The summed E-state index contributed by atoms with van der Waals surface area (Å²) in [5, 5.41) is 8.97. The van der Waals surface area contributed by atoms with Crippen LogP contribution in [0.2, 0.25) is 0 Å². The Morgan fingerprint density at radius 1 is 1.40 bits per heavy atom. The van der Waals surface area contributed by atoms with Crippen LogP contribution in [0.5, 0.6) is 0 Å². The molecule has 0 radical (unpaired) electrons. The number of rotatable bonds is 3. The van der Waals surface area contributed by atoms with Crippen LogP contribution in [0.3, 0.4) is 0 Å². The molecule has 0 spiro atoms. The fraction of sp³-hybridized carbons (Fsp3) is 0.429. The Balaban J connectivity index is 2.05. The quantitative estimate of drug-likeness (QED) is 0.900. The third-order valence-electron chi connectivity index (χ3n) is 3.19. The third-order valence-corrected chi connectivity index (χ3v) is 3.19. The largest absolute Gasteiger partial charge is 0.479 e. The Morgan fingerprint density at radius 3 is 2.75 bits per heavy atom. The lowest BCUT2D eigenvalue weighted by Crippen LogP contribution is -2.52. The number of ether oxygens (including phenoxy) is 1. The normalized spacial score (nSPS) is 22.6. The van der Waals surface area contributed by atoms with Crippen LogP contribution in [0.4, 0.5) is 4.39 Å². The van der Waals surface area contributed by atoms with E-state index in [-0.39, 0.29) is 25.0 Å². The Labute approximate surface area is 116 Å². The van der Waals surface area contributed by atoms with Gasteiger partial charge in [0.15, 0.2) is 6.10 Å². The minimum atomic E-state index is -1.10. The molecule has 1 amide bonds. The van der Waals surface area contributed by atoms with Gasteiger partial charge in [0.25, 0.3) is 0 Å². The third kappa shape index (κ3) is 3.33. The van der Waals surface area contributed by atoms with E-state index < -0.39 is 17.9 Å². The molecule has 2 atom stereocenters. The number of aliphatic carboxylic acids is 1. The molecule has 1 heterocycles. The molecule has 1 aliphatic rings. The molecule has 1 aromatic carbocycles. The van der Waals surface area contributed by atoms with Crippen molar-refractivity contribution < 1.29 is 23.8 Å². The fourth-order valence-electron chi connectivity index (χ4n) is 2.21. The van der Waals surface area contributed by atoms with E-state index >= 15 is 0 Å². The minimum Gasteiger partial charge on any atom is -0.479 e. The van der Waals surface area contributed by atoms with E-state index in [1.807, 2.05) is 0 Å². The van der Waals surface area contributed by atoms with Crippen molar-refractivity contribution in [3.05, 3.63) is 35.6 Å². The van der Waals surface area contributed by atoms with Gasteiger partial charge in [0.1, 0.15) is 5.82 Å². The highest BCUT2D eigenvalue weighted by molar-refractivity contribution is 5.80. The number of halogens is 1. The first-order chi connectivity index (χ1) is 9.47. The zero-order valence-corrected chi connectivity index (χ0v) is 11.1. The lowest BCUT2D eigenvalue weighted by Gasteiger charge is -2.35. The van der Waals surface area contributed by atoms with Crippen molar-refractivity contribution in [2.24, 2.45) is 0 Å². The van der Waals surface area contributed by atoms with Gasteiger partial charge in [0.2, 0.25) is 5.91 Å². The number of hydrogen-bond donors (Lipinski definition) is 1. The number of carbonyl (C=O) groups excluding carboxylic acids is 1. The Kier molecular flexibility index (Phi) is 4.34. The predicted octanol–water partition coefficient (Wildman–Crippen LogP) is 1.07. The van der Waals surface area contributed by atoms with Crippen molar-refractivity contribution in [2.45, 2.75) is 25.6 Å². The first-order valence-corrected chi connectivity index (χ1v) is 6.37. The van der Waals surface area contributed by atoms with E-state index in [9.17, 15) is 14.0 Å². The van der Waals surface area contributed by atoms with Gasteiger partial charge in [-0.2, -0.15) is 0 Å². The maximum absolute atomic E-state index is 13.5. The highest BCUT2D eigenvalue weighted by Gasteiger charge is 2.32. The predicted molar refractivity (Wildman–Crippen MR) is 68.7 cm³/mol. The van der Waals surface area contributed by atoms with Crippen LogP contribution in [0.1, 0.15) is 12.5 Å². The molecule has 5 nitrogen and oxygen atoms in total. The summed E-state index contributed by atoms with van der Waals surface area (Å²) >= 11 is 0. The van der Waals surface area contributed by atoms with Crippen LogP contribution in [0.25, 0.3) is 0 Å². The van der Waals surface area contributed by atoms with E-state index in [0.717, 1.165) is 0 Å². The highest BCUT2D eigenvalue weighted by Crippen LogP contribution is 2.14. The van der Waals surface area contributed by atoms with Gasteiger partial charge >= 0.3 is 5.97 Å². The summed E-state index contributed by atoms with van der Waals surface area (Å²) in [6, 6.07) is 6.06. The molecule has 0 aliphatic carbocycles. The van der Waals surface area contributed by atoms with Gasteiger partial charge in [-0.25, -0.2) is 9.18 Å². The lowest BCUT2D eigenvalue weighted by atomic mass is 10.1. The number of carbonyl (C=O) groups is 2. The number of carboxylic acid groups (broad SMARTS) is 1. The number of amides is 1. The summed E-state index contributed by atoms with van der Waals surface area (Å²) in [5.74, 6) is -1.83. The van der Waals surface area contributed by atoms with Gasteiger partial charge in [-0.3, -0.25) is 4.79 Å². The molecule has 1 aliphatic heterocycles. The lowest BCUT2D eigenvalue weighted by molar-refractivity contribution is -0.166. The van der Waals surface area contributed by atoms with Gasteiger partial charge in [-0.15, -0.1) is 0 Å². The van der Waals surface area contributed by atoms with Crippen LogP contribution in [-0.4, -0.2) is 47.2 Å². The Hall–Kier alpha value is -1.95. The van der Waals surface area contributed by atoms with Gasteiger partial charge in [-0.05, 0) is 18.6 Å². The van der Waals surface area contributed by atoms with Gasteiger partial charge < -0.3 is 14.7 Å². The second-order valence-electron chi connectivity index (χ2n) is 4.84.